The molecule has 0 aromatic heterocycles. The highest BCUT2D eigenvalue weighted by atomic mass is 32.2. The molecule has 1 fully saturated rings. The summed E-state index contributed by atoms with van der Waals surface area (Å²) in [5.41, 5.74) is 1.78. The number of amides is 1. The average molecular weight is 369 g/mol. The van der Waals surface area contributed by atoms with Crippen molar-refractivity contribution in [1.82, 2.24) is 10.0 Å². The minimum atomic E-state index is -3.58. The van der Waals surface area contributed by atoms with Crippen LogP contribution >= 0.6 is 0 Å². The van der Waals surface area contributed by atoms with E-state index in [2.05, 4.69) is 27.2 Å². The van der Waals surface area contributed by atoms with Gasteiger partial charge in [0.2, 0.25) is 5.91 Å². The zero-order valence-corrected chi connectivity index (χ0v) is 14.9. The fourth-order valence-corrected chi connectivity index (χ4v) is 4.49. The van der Waals surface area contributed by atoms with Crippen LogP contribution in [0.2, 0.25) is 0 Å². The first-order valence-corrected chi connectivity index (χ1v) is 9.97. The van der Waals surface area contributed by atoms with E-state index in [1.165, 1.54) is 11.6 Å². The minimum absolute atomic E-state index is 0.0333. The van der Waals surface area contributed by atoms with Crippen LogP contribution in [0.25, 0.3) is 0 Å². The molecule has 1 saturated carbocycles. The van der Waals surface area contributed by atoms with E-state index in [9.17, 15) is 13.2 Å². The number of amidine groups is 1. The number of benzene rings is 2. The van der Waals surface area contributed by atoms with Crippen LogP contribution in [0.3, 0.4) is 0 Å². The Morgan fingerprint density at radius 3 is 2.50 bits per heavy atom. The van der Waals surface area contributed by atoms with Gasteiger partial charge in [-0.2, -0.15) is 0 Å². The topological polar surface area (TPSA) is 87.6 Å². The van der Waals surface area contributed by atoms with Gasteiger partial charge < -0.3 is 5.32 Å². The summed E-state index contributed by atoms with van der Waals surface area (Å²) in [7, 11) is -3.58. The molecule has 0 unspecified atom stereocenters. The van der Waals surface area contributed by atoms with Crippen molar-refractivity contribution in [1.29, 1.82) is 0 Å². The number of fused-ring (bicyclic) bond motifs is 1. The maximum Gasteiger partial charge on any atom is 0.263 e. The molecular formula is C19H19N3O3S. The summed E-state index contributed by atoms with van der Waals surface area (Å²) in [5, 5.41) is 2.93. The summed E-state index contributed by atoms with van der Waals surface area (Å²) in [6.07, 6.45) is 2.11. The summed E-state index contributed by atoms with van der Waals surface area (Å²) in [6.45, 7) is 0.458. The first-order chi connectivity index (χ1) is 12.5. The molecule has 2 aromatic rings. The number of nitrogens with zero attached hydrogens (tertiary/aromatic N) is 1. The van der Waals surface area contributed by atoms with Crippen molar-refractivity contribution in [3.05, 3.63) is 65.7 Å². The first-order valence-electron chi connectivity index (χ1n) is 8.49. The van der Waals surface area contributed by atoms with Crippen molar-refractivity contribution >= 4 is 21.8 Å². The van der Waals surface area contributed by atoms with Crippen LogP contribution in [-0.4, -0.2) is 33.3 Å². The molecule has 7 heteroatoms. The summed E-state index contributed by atoms with van der Waals surface area (Å²) in [4.78, 5) is 16.5. The van der Waals surface area contributed by atoms with Crippen molar-refractivity contribution in [3.63, 3.8) is 0 Å². The van der Waals surface area contributed by atoms with Crippen molar-refractivity contribution in [2.75, 3.05) is 13.1 Å². The van der Waals surface area contributed by atoms with Gasteiger partial charge in [-0.15, -0.1) is 0 Å². The third-order valence-electron chi connectivity index (χ3n) is 4.91. The number of hydrogen-bond acceptors (Lipinski definition) is 4. The Kier molecular flexibility index (Phi) is 4.03. The van der Waals surface area contributed by atoms with E-state index in [0.717, 1.165) is 12.8 Å². The Morgan fingerprint density at radius 2 is 1.77 bits per heavy atom. The third-order valence-corrected chi connectivity index (χ3v) is 6.30. The lowest BCUT2D eigenvalue weighted by molar-refractivity contribution is -0.119. The molecule has 26 heavy (non-hydrogen) atoms. The number of hydrogen-bond donors (Lipinski definition) is 2. The van der Waals surface area contributed by atoms with Gasteiger partial charge in [0.25, 0.3) is 10.0 Å². The first kappa shape index (κ1) is 16.8. The van der Waals surface area contributed by atoms with Gasteiger partial charge in [-0.05, 0) is 30.5 Å². The molecule has 2 aliphatic rings. The molecule has 134 valence electrons. The molecule has 0 spiro atoms. The molecule has 1 heterocycles. The highest BCUT2D eigenvalue weighted by Crippen LogP contribution is 2.47. The Balaban J connectivity index is 1.40. The van der Waals surface area contributed by atoms with E-state index in [1.807, 2.05) is 18.2 Å². The van der Waals surface area contributed by atoms with Gasteiger partial charge in [0, 0.05) is 17.5 Å². The molecule has 1 aliphatic carbocycles. The molecule has 0 atom stereocenters. The van der Waals surface area contributed by atoms with E-state index >= 15 is 0 Å². The van der Waals surface area contributed by atoms with E-state index in [-0.39, 0.29) is 28.6 Å². The van der Waals surface area contributed by atoms with Crippen molar-refractivity contribution in [2.45, 2.75) is 23.2 Å². The lowest BCUT2D eigenvalue weighted by Crippen LogP contribution is -2.34. The fraction of sp³-hybridized carbons (Fsp3) is 0.263. The Labute approximate surface area is 152 Å². The quantitative estimate of drug-likeness (QED) is 0.839. The monoisotopic (exact) mass is 369 g/mol. The number of aliphatic imine (C=N–C) groups is 1. The van der Waals surface area contributed by atoms with Gasteiger partial charge in [-0.3, -0.25) is 14.5 Å². The predicted molar refractivity (Wildman–Crippen MR) is 98.5 cm³/mol. The van der Waals surface area contributed by atoms with Crippen molar-refractivity contribution in [2.24, 2.45) is 4.99 Å². The smallest absolute Gasteiger partial charge is 0.263 e. The standard InChI is InChI=1S/C19H19N3O3S/c23-17(21-13-19(10-11-19)14-6-2-1-3-7-14)12-20-18-15-8-4-5-9-16(15)26(24,25)22-18/h1-9H,10-13H2,(H,20,22)(H,21,23). The lowest BCUT2D eigenvalue weighted by Gasteiger charge is -2.16. The molecular weight excluding hydrogens is 350 g/mol. The van der Waals surface area contributed by atoms with Crippen LogP contribution in [0, 0.1) is 0 Å². The van der Waals surface area contributed by atoms with E-state index in [4.69, 9.17) is 0 Å². The number of sulfonamides is 1. The summed E-state index contributed by atoms with van der Waals surface area (Å²) in [6, 6.07) is 16.8. The SMILES string of the molecule is O=C(CN=C1NS(=O)(=O)c2ccccc21)NCC1(c2ccccc2)CC1. The highest BCUT2D eigenvalue weighted by Gasteiger charge is 2.44. The maximum absolute atomic E-state index is 12.2. The van der Waals surface area contributed by atoms with E-state index in [1.54, 1.807) is 18.2 Å². The number of rotatable bonds is 5. The van der Waals surface area contributed by atoms with Crippen LogP contribution in [0.1, 0.15) is 24.0 Å². The zero-order chi connectivity index (χ0) is 18.2. The summed E-state index contributed by atoms with van der Waals surface area (Å²) in [5.74, 6) is 0.00299. The van der Waals surface area contributed by atoms with Crippen molar-refractivity contribution in [3.8, 4) is 0 Å². The summed E-state index contributed by atoms with van der Waals surface area (Å²) < 4.78 is 26.5. The van der Waals surface area contributed by atoms with Gasteiger partial charge in [0.1, 0.15) is 12.4 Å². The van der Waals surface area contributed by atoms with Gasteiger partial charge >= 0.3 is 0 Å². The van der Waals surface area contributed by atoms with Crippen LogP contribution in [-0.2, 0) is 20.2 Å². The molecule has 0 bridgehead atoms. The molecule has 6 nitrogen and oxygen atoms in total. The zero-order valence-electron chi connectivity index (χ0n) is 14.1. The molecule has 1 aliphatic heterocycles. The van der Waals surface area contributed by atoms with Crippen LogP contribution in [0.4, 0.5) is 0 Å². The van der Waals surface area contributed by atoms with Gasteiger partial charge in [-0.1, -0.05) is 42.5 Å². The average Bonchev–Trinajstić information content (AvgIpc) is 3.40. The minimum Gasteiger partial charge on any atom is -0.354 e. The van der Waals surface area contributed by atoms with Gasteiger partial charge in [0.05, 0.1) is 4.90 Å². The van der Waals surface area contributed by atoms with Gasteiger partial charge in [0.15, 0.2) is 0 Å². The van der Waals surface area contributed by atoms with Crippen LogP contribution < -0.4 is 10.0 Å². The largest absolute Gasteiger partial charge is 0.354 e. The van der Waals surface area contributed by atoms with Crippen LogP contribution in [0.5, 0.6) is 0 Å². The molecule has 2 aromatic carbocycles. The molecule has 1 amide bonds. The normalized spacial score (nSPS) is 20.2. The third kappa shape index (κ3) is 3.10. The maximum atomic E-state index is 12.2. The molecule has 2 N–H and O–H groups in total. The van der Waals surface area contributed by atoms with Gasteiger partial charge in [-0.25, -0.2) is 8.42 Å². The molecule has 0 radical (unpaired) electrons. The predicted octanol–water partition coefficient (Wildman–Crippen LogP) is 1.57. The summed E-state index contributed by atoms with van der Waals surface area (Å²) >= 11 is 0. The van der Waals surface area contributed by atoms with Crippen molar-refractivity contribution < 1.29 is 13.2 Å². The number of nitrogens with one attached hydrogen (secondary N) is 2. The Morgan fingerprint density at radius 1 is 1.08 bits per heavy atom. The second kappa shape index (κ2) is 6.25. The second-order valence-corrected chi connectivity index (χ2v) is 8.34. The van der Waals surface area contributed by atoms with E-state index < -0.39 is 10.0 Å². The highest BCUT2D eigenvalue weighted by molar-refractivity contribution is 7.90. The number of carbonyl (C=O) groups is 1. The fourth-order valence-electron chi connectivity index (χ4n) is 3.24. The Bertz CT molecular complexity index is 980. The van der Waals surface area contributed by atoms with Crippen LogP contribution in [0.15, 0.2) is 64.5 Å². The molecule has 0 saturated heterocycles. The lowest BCUT2D eigenvalue weighted by atomic mass is 9.96. The second-order valence-electron chi connectivity index (χ2n) is 6.69. The number of carbonyl (C=O) groups excluding carboxylic acids is 1. The van der Waals surface area contributed by atoms with E-state index in [0.29, 0.717) is 12.1 Å². The Hall–Kier alpha value is -2.67. The molecule has 4 rings (SSSR count).